The molecule has 10 heavy (non-hydrogen) atoms. The standard InChI is InChI=1S/C7H12NOS/c9-6-8-10-7-4-2-1-3-5-7/h7H,1-5H2,(H,8,9). The molecule has 1 rings (SSSR count). The Kier molecular flexibility index (Phi) is 3.65. The molecular formula is C7H12NOS. The molecule has 0 unspecified atom stereocenters. The van der Waals surface area contributed by atoms with Gasteiger partial charge in [-0.2, -0.15) is 0 Å². The van der Waals surface area contributed by atoms with Gasteiger partial charge >= 0.3 is 6.41 Å². The van der Waals surface area contributed by atoms with Gasteiger partial charge in [0.05, 0.1) is 0 Å². The third kappa shape index (κ3) is 2.60. The number of amides is 1. The van der Waals surface area contributed by atoms with Crippen molar-refractivity contribution in [3.63, 3.8) is 0 Å². The zero-order valence-electron chi connectivity index (χ0n) is 5.93. The van der Waals surface area contributed by atoms with E-state index in [0.29, 0.717) is 5.25 Å². The highest BCUT2D eigenvalue weighted by molar-refractivity contribution is 7.98. The minimum Gasteiger partial charge on any atom is -0.292 e. The maximum Gasteiger partial charge on any atom is 0.320 e. The summed E-state index contributed by atoms with van der Waals surface area (Å²) in [4.78, 5) is 9.79. The zero-order chi connectivity index (χ0) is 7.23. The monoisotopic (exact) mass is 158 g/mol. The van der Waals surface area contributed by atoms with Gasteiger partial charge in [0.15, 0.2) is 0 Å². The molecule has 0 bridgehead atoms. The maximum atomic E-state index is 9.79. The fraction of sp³-hybridized carbons (Fsp3) is 0.857. The summed E-state index contributed by atoms with van der Waals surface area (Å²) in [6.07, 6.45) is 8.17. The Balaban J connectivity index is 2.07. The van der Waals surface area contributed by atoms with Crippen molar-refractivity contribution in [1.82, 2.24) is 4.72 Å². The largest absolute Gasteiger partial charge is 0.320 e. The molecular weight excluding hydrogens is 146 g/mol. The zero-order valence-corrected chi connectivity index (χ0v) is 6.75. The van der Waals surface area contributed by atoms with Gasteiger partial charge in [-0.1, -0.05) is 19.3 Å². The van der Waals surface area contributed by atoms with Crippen LogP contribution in [-0.2, 0) is 4.79 Å². The van der Waals surface area contributed by atoms with Crippen molar-refractivity contribution in [1.29, 1.82) is 0 Å². The summed E-state index contributed by atoms with van der Waals surface area (Å²) in [5.74, 6) is 0. The van der Waals surface area contributed by atoms with E-state index in [1.165, 1.54) is 44.1 Å². The summed E-state index contributed by atoms with van der Waals surface area (Å²) < 4.78 is 2.53. The maximum absolute atomic E-state index is 9.79. The van der Waals surface area contributed by atoms with Crippen LogP contribution < -0.4 is 4.72 Å². The molecule has 1 N–H and O–H groups in total. The molecule has 0 aromatic heterocycles. The van der Waals surface area contributed by atoms with Crippen LogP contribution in [0.15, 0.2) is 0 Å². The predicted octanol–water partition coefficient (Wildman–Crippen LogP) is 1.62. The minimum absolute atomic E-state index is 0.648. The molecule has 3 heteroatoms. The lowest BCUT2D eigenvalue weighted by molar-refractivity contribution is 0.514. The Morgan fingerprint density at radius 3 is 2.60 bits per heavy atom. The average Bonchev–Trinajstić information content (AvgIpc) is 2.03. The molecule has 1 fully saturated rings. The van der Waals surface area contributed by atoms with Crippen LogP contribution in [0.3, 0.4) is 0 Å². The smallest absolute Gasteiger partial charge is 0.292 e. The Morgan fingerprint density at radius 2 is 2.00 bits per heavy atom. The second-order valence-corrected chi connectivity index (χ2v) is 3.69. The molecule has 0 saturated heterocycles. The SMILES string of the molecule is O=[C]NSC1CCCCC1. The van der Waals surface area contributed by atoms with Gasteiger partial charge in [-0.25, -0.2) is 0 Å². The first-order valence-electron chi connectivity index (χ1n) is 3.71. The van der Waals surface area contributed by atoms with Crippen molar-refractivity contribution < 1.29 is 4.79 Å². The number of hydrogen-bond donors (Lipinski definition) is 1. The Labute approximate surface area is 65.9 Å². The quantitative estimate of drug-likeness (QED) is 0.499. The normalized spacial score (nSPS) is 20.4. The van der Waals surface area contributed by atoms with Crippen LogP contribution in [0.4, 0.5) is 0 Å². The van der Waals surface area contributed by atoms with Crippen molar-refractivity contribution >= 4 is 18.4 Å². The topological polar surface area (TPSA) is 29.1 Å². The van der Waals surface area contributed by atoms with Crippen molar-refractivity contribution in [3.05, 3.63) is 0 Å². The van der Waals surface area contributed by atoms with E-state index in [0.717, 1.165) is 0 Å². The second kappa shape index (κ2) is 4.61. The molecule has 0 atom stereocenters. The first kappa shape index (κ1) is 7.92. The number of hydrogen-bond acceptors (Lipinski definition) is 2. The number of carbonyl (C=O) groups excluding carboxylic acids is 1. The van der Waals surface area contributed by atoms with Gasteiger partial charge in [-0.05, 0) is 24.8 Å². The molecule has 1 amide bonds. The highest BCUT2D eigenvalue weighted by Gasteiger charge is 2.12. The predicted molar refractivity (Wildman–Crippen MR) is 43.3 cm³/mol. The molecule has 2 nitrogen and oxygen atoms in total. The first-order chi connectivity index (χ1) is 4.93. The average molecular weight is 158 g/mol. The van der Waals surface area contributed by atoms with Crippen LogP contribution in [0, 0.1) is 0 Å². The summed E-state index contributed by atoms with van der Waals surface area (Å²) in [5, 5.41) is 0.648. The first-order valence-corrected chi connectivity index (χ1v) is 4.59. The summed E-state index contributed by atoms with van der Waals surface area (Å²) >= 11 is 1.52. The van der Waals surface area contributed by atoms with Gasteiger partial charge in [0.25, 0.3) is 0 Å². The molecule has 57 valence electrons. The second-order valence-electron chi connectivity index (χ2n) is 2.58. The van der Waals surface area contributed by atoms with E-state index in [-0.39, 0.29) is 0 Å². The van der Waals surface area contributed by atoms with Crippen LogP contribution in [0.2, 0.25) is 0 Å². The van der Waals surface area contributed by atoms with E-state index < -0.39 is 0 Å². The molecule has 0 aromatic rings. The van der Waals surface area contributed by atoms with E-state index in [1.807, 2.05) is 0 Å². The Hall–Kier alpha value is -0.180. The van der Waals surface area contributed by atoms with E-state index in [4.69, 9.17) is 0 Å². The lowest BCUT2D eigenvalue weighted by atomic mass is 10.0. The van der Waals surface area contributed by atoms with Crippen LogP contribution in [0.5, 0.6) is 0 Å². The van der Waals surface area contributed by atoms with E-state index >= 15 is 0 Å². The third-order valence-corrected chi connectivity index (χ3v) is 2.83. The lowest BCUT2D eigenvalue weighted by Crippen LogP contribution is -2.13. The van der Waals surface area contributed by atoms with E-state index in [2.05, 4.69) is 4.72 Å². The van der Waals surface area contributed by atoms with Gasteiger partial charge in [-0.3, -0.25) is 9.52 Å². The summed E-state index contributed by atoms with van der Waals surface area (Å²) in [5.41, 5.74) is 0. The summed E-state index contributed by atoms with van der Waals surface area (Å²) in [7, 11) is 0. The number of rotatable bonds is 3. The van der Waals surface area contributed by atoms with Gasteiger partial charge in [0.2, 0.25) is 0 Å². The minimum atomic E-state index is 0.648. The molecule has 0 spiro atoms. The van der Waals surface area contributed by atoms with Crippen molar-refractivity contribution in [2.75, 3.05) is 0 Å². The van der Waals surface area contributed by atoms with Crippen molar-refractivity contribution in [2.24, 2.45) is 0 Å². The molecule has 0 heterocycles. The third-order valence-electron chi connectivity index (χ3n) is 1.82. The van der Waals surface area contributed by atoms with Gasteiger partial charge in [0, 0.05) is 5.25 Å². The summed E-state index contributed by atoms with van der Waals surface area (Å²) in [6, 6.07) is 0. The highest BCUT2D eigenvalue weighted by Crippen LogP contribution is 2.25. The summed E-state index contributed by atoms with van der Waals surface area (Å²) in [6.45, 7) is 0. The van der Waals surface area contributed by atoms with Crippen molar-refractivity contribution in [3.8, 4) is 0 Å². The fourth-order valence-corrected chi connectivity index (χ4v) is 2.07. The van der Waals surface area contributed by atoms with Gasteiger partial charge in [-0.15, -0.1) is 0 Å². The molecule has 1 aliphatic rings. The molecule has 1 aliphatic carbocycles. The number of nitrogens with one attached hydrogen (secondary N) is 1. The fourth-order valence-electron chi connectivity index (χ4n) is 1.29. The molecule has 0 aromatic carbocycles. The molecule has 1 saturated carbocycles. The van der Waals surface area contributed by atoms with Gasteiger partial charge in [0.1, 0.15) is 0 Å². The molecule has 0 aliphatic heterocycles. The van der Waals surface area contributed by atoms with Crippen LogP contribution in [0.25, 0.3) is 0 Å². The lowest BCUT2D eigenvalue weighted by Gasteiger charge is -2.19. The van der Waals surface area contributed by atoms with E-state index in [9.17, 15) is 4.79 Å². The van der Waals surface area contributed by atoms with Gasteiger partial charge < -0.3 is 0 Å². The Bertz CT molecular complexity index is 102. The highest BCUT2D eigenvalue weighted by atomic mass is 32.2. The van der Waals surface area contributed by atoms with Crippen LogP contribution in [0.1, 0.15) is 32.1 Å². The van der Waals surface area contributed by atoms with Crippen molar-refractivity contribution in [2.45, 2.75) is 37.4 Å². The van der Waals surface area contributed by atoms with Crippen LogP contribution >= 0.6 is 11.9 Å². The molecule has 1 radical (unpaired) electrons. The van der Waals surface area contributed by atoms with Crippen LogP contribution in [-0.4, -0.2) is 11.7 Å². The van der Waals surface area contributed by atoms with E-state index in [1.54, 1.807) is 6.41 Å². The Morgan fingerprint density at radius 1 is 1.30 bits per heavy atom.